The van der Waals surface area contributed by atoms with Gasteiger partial charge in [0.2, 0.25) is 5.91 Å². The van der Waals surface area contributed by atoms with Crippen molar-refractivity contribution in [3.05, 3.63) is 0 Å². The molecule has 0 saturated carbocycles. The lowest BCUT2D eigenvalue weighted by molar-refractivity contribution is -0.145. The normalized spacial score (nSPS) is 25.5. The molecule has 1 saturated heterocycles. The fraction of sp³-hybridized carbons (Fsp3) is 0.800. The number of esters is 1. The van der Waals surface area contributed by atoms with Crippen LogP contribution in [0.15, 0.2) is 0 Å². The quantitative estimate of drug-likeness (QED) is 0.606. The Balaban J connectivity index is 2.50. The highest BCUT2D eigenvalue weighted by Crippen LogP contribution is 2.18. The maximum Gasteiger partial charge on any atom is 0.323 e. The molecule has 0 aliphatic carbocycles. The van der Waals surface area contributed by atoms with Crippen LogP contribution in [0.5, 0.6) is 0 Å². The van der Waals surface area contributed by atoms with Crippen LogP contribution in [0.1, 0.15) is 13.3 Å². The van der Waals surface area contributed by atoms with Gasteiger partial charge in [-0.3, -0.25) is 14.5 Å². The molecule has 15 heavy (non-hydrogen) atoms. The molecule has 1 fully saturated rings. The third-order valence-corrected chi connectivity index (χ3v) is 2.56. The van der Waals surface area contributed by atoms with Gasteiger partial charge in [0.25, 0.3) is 0 Å². The van der Waals surface area contributed by atoms with E-state index >= 15 is 0 Å². The van der Waals surface area contributed by atoms with Gasteiger partial charge in [0.15, 0.2) is 0 Å². The molecule has 0 radical (unpaired) electrons. The summed E-state index contributed by atoms with van der Waals surface area (Å²) in [6.45, 7) is 2.11. The molecule has 1 aliphatic rings. The third-order valence-electron chi connectivity index (χ3n) is 2.56. The Morgan fingerprint density at radius 2 is 2.07 bits per heavy atom. The zero-order chi connectivity index (χ0) is 11.6. The fourth-order valence-electron chi connectivity index (χ4n) is 1.56. The van der Waals surface area contributed by atoms with Crippen LogP contribution in [-0.2, 0) is 14.3 Å². The third kappa shape index (κ3) is 2.92. The minimum atomic E-state index is -0.274. The smallest absolute Gasteiger partial charge is 0.323 e. The Kier molecular flexibility index (Phi) is 3.68. The van der Waals surface area contributed by atoms with E-state index in [-0.39, 0.29) is 30.6 Å². The van der Waals surface area contributed by atoms with Crippen molar-refractivity contribution in [2.75, 3.05) is 27.7 Å². The lowest BCUT2D eigenvalue weighted by Crippen LogP contribution is -2.42. The Morgan fingerprint density at radius 3 is 2.47 bits per heavy atom. The van der Waals surface area contributed by atoms with E-state index in [0.717, 1.165) is 0 Å². The summed E-state index contributed by atoms with van der Waals surface area (Å²) in [4.78, 5) is 26.1. The number of ether oxygens (including phenoxy) is 1. The van der Waals surface area contributed by atoms with Crippen LogP contribution in [0.3, 0.4) is 0 Å². The van der Waals surface area contributed by atoms with Crippen molar-refractivity contribution in [1.29, 1.82) is 0 Å². The zero-order valence-corrected chi connectivity index (χ0v) is 9.69. The molecule has 0 aromatic rings. The largest absolute Gasteiger partial charge is 0.461 e. The number of carbonyl (C=O) groups is 2. The van der Waals surface area contributed by atoms with Crippen LogP contribution in [-0.4, -0.2) is 61.5 Å². The van der Waals surface area contributed by atoms with E-state index in [1.54, 1.807) is 26.0 Å². The zero-order valence-electron chi connectivity index (χ0n) is 9.69. The molecular weight excluding hydrogens is 196 g/mol. The SMILES string of the molecule is CC1CC(N(C)CC(=O)N(C)C)C(=O)O1. The molecule has 1 rings (SSSR count). The van der Waals surface area contributed by atoms with Gasteiger partial charge in [-0.15, -0.1) is 0 Å². The fourth-order valence-corrected chi connectivity index (χ4v) is 1.56. The summed E-state index contributed by atoms with van der Waals surface area (Å²) in [6.07, 6.45) is 0.621. The molecule has 0 spiro atoms. The molecule has 86 valence electrons. The van der Waals surface area contributed by atoms with E-state index in [1.807, 2.05) is 6.92 Å². The van der Waals surface area contributed by atoms with E-state index in [4.69, 9.17) is 4.74 Å². The van der Waals surface area contributed by atoms with Crippen molar-refractivity contribution in [1.82, 2.24) is 9.80 Å². The van der Waals surface area contributed by atoms with Crippen LogP contribution in [0.25, 0.3) is 0 Å². The van der Waals surface area contributed by atoms with Crippen molar-refractivity contribution >= 4 is 11.9 Å². The highest BCUT2D eigenvalue weighted by atomic mass is 16.6. The van der Waals surface area contributed by atoms with Crippen LogP contribution in [0.4, 0.5) is 0 Å². The van der Waals surface area contributed by atoms with Gasteiger partial charge in [-0.25, -0.2) is 0 Å². The van der Waals surface area contributed by atoms with Crippen LogP contribution < -0.4 is 0 Å². The Labute approximate surface area is 90.0 Å². The summed E-state index contributed by atoms with van der Waals surface area (Å²) in [7, 11) is 5.17. The predicted octanol–water partition coefficient (Wildman–Crippen LogP) is -0.290. The number of hydrogen-bond acceptors (Lipinski definition) is 4. The lowest BCUT2D eigenvalue weighted by Gasteiger charge is -2.22. The molecule has 0 bridgehead atoms. The van der Waals surface area contributed by atoms with Gasteiger partial charge in [-0.05, 0) is 14.0 Å². The molecule has 5 heteroatoms. The second-order valence-corrected chi connectivity index (χ2v) is 4.20. The minimum absolute atomic E-state index is 0.00940. The molecule has 1 heterocycles. The first-order valence-corrected chi connectivity index (χ1v) is 5.02. The minimum Gasteiger partial charge on any atom is -0.461 e. The number of hydrogen-bond donors (Lipinski definition) is 0. The summed E-state index contributed by atoms with van der Waals surface area (Å²) >= 11 is 0. The van der Waals surface area contributed by atoms with Gasteiger partial charge in [-0.2, -0.15) is 0 Å². The summed E-state index contributed by atoms with van der Waals surface area (Å²) in [5.41, 5.74) is 0. The molecule has 2 unspecified atom stereocenters. The summed E-state index contributed by atoms with van der Waals surface area (Å²) in [6, 6.07) is -0.274. The average Bonchev–Trinajstić information content (AvgIpc) is 2.44. The molecule has 2 atom stereocenters. The van der Waals surface area contributed by atoms with Crippen LogP contribution in [0, 0.1) is 0 Å². The number of likely N-dealkylation sites (N-methyl/N-ethyl adjacent to an activating group) is 2. The van der Waals surface area contributed by atoms with E-state index in [0.29, 0.717) is 6.42 Å². The summed E-state index contributed by atoms with van der Waals surface area (Å²) < 4.78 is 5.03. The second kappa shape index (κ2) is 4.61. The molecule has 5 nitrogen and oxygen atoms in total. The second-order valence-electron chi connectivity index (χ2n) is 4.20. The number of nitrogens with zero attached hydrogens (tertiary/aromatic N) is 2. The predicted molar refractivity (Wildman–Crippen MR) is 55.3 cm³/mol. The first-order chi connectivity index (χ1) is 6.91. The number of rotatable bonds is 3. The Morgan fingerprint density at radius 1 is 1.47 bits per heavy atom. The van der Waals surface area contributed by atoms with Gasteiger partial charge in [0.05, 0.1) is 6.54 Å². The maximum atomic E-state index is 11.4. The lowest BCUT2D eigenvalue weighted by atomic mass is 10.1. The van der Waals surface area contributed by atoms with Gasteiger partial charge in [-0.1, -0.05) is 0 Å². The van der Waals surface area contributed by atoms with Gasteiger partial charge < -0.3 is 9.64 Å². The molecule has 1 aliphatic heterocycles. The standard InChI is InChI=1S/C10H18N2O3/c1-7-5-8(10(14)15-7)12(4)6-9(13)11(2)3/h7-8H,5-6H2,1-4H3. The van der Waals surface area contributed by atoms with E-state index in [2.05, 4.69) is 0 Å². The van der Waals surface area contributed by atoms with Crippen LogP contribution in [0.2, 0.25) is 0 Å². The van der Waals surface area contributed by atoms with E-state index < -0.39 is 0 Å². The van der Waals surface area contributed by atoms with Crippen molar-refractivity contribution < 1.29 is 14.3 Å². The molecule has 0 N–H and O–H groups in total. The Hall–Kier alpha value is -1.10. The monoisotopic (exact) mass is 214 g/mol. The van der Waals surface area contributed by atoms with Crippen molar-refractivity contribution in [3.63, 3.8) is 0 Å². The van der Waals surface area contributed by atoms with Crippen molar-refractivity contribution in [2.24, 2.45) is 0 Å². The van der Waals surface area contributed by atoms with E-state index in [1.165, 1.54) is 4.90 Å². The summed E-state index contributed by atoms with van der Waals surface area (Å²) in [5, 5.41) is 0. The molecule has 0 aromatic carbocycles. The first-order valence-electron chi connectivity index (χ1n) is 5.02. The Bertz CT molecular complexity index is 265. The number of cyclic esters (lactones) is 1. The molecular formula is C10H18N2O3. The van der Waals surface area contributed by atoms with Crippen LogP contribution >= 0.6 is 0 Å². The molecule has 0 aromatic heterocycles. The van der Waals surface area contributed by atoms with Crippen molar-refractivity contribution in [3.8, 4) is 0 Å². The van der Waals surface area contributed by atoms with Gasteiger partial charge in [0.1, 0.15) is 12.1 Å². The topological polar surface area (TPSA) is 49.9 Å². The highest BCUT2D eigenvalue weighted by Gasteiger charge is 2.35. The first kappa shape index (κ1) is 12.0. The van der Waals surface area contributed by atoms with E-state index in [9.17, 15) is 9.59 Å². The average molecular weight is 214 g/mol. The number of carbonyl (C=O) groups excluding carboxylic acids is 2. The van der Waals surface area contributed by atoms with Gasteiger partial charge >= 0.3 is 5.97 Å². The number of amides is 1. The van der Waals surface area contributed by atoms with Crippen molar-refractivity contribution in [2.45, 2.75) is 25.5 Å². The van der Waals surface area contributed by atoms with Gasteiger partial charge in [0, 0.05) is 20.5 Å². The highest BCUT2D eigenvalue weighted by molar-refractivity contribution is 5.81. The maximum absolute atomic E-state index is 11.4. The summed E-state index contributed by atoms with van der Waals surface area (Å²) in [5.74, 6) is -0.235. The molecule has 1 amide bonds.